The summed E-state index contributed by atoms with van der Waals surface area (Å²) >= 11 is 0. The molecule has 3 rings (SSSR count). The first-order chi connectivity index (χ1) is 10.6. The lowest BCUT2D eigenvalue weighted by atomic mass is 10.2. The highest BCUT2D eigenvalue weighted by molar-refractivity contribution is 5.96. The topological polar surface area (TPSA) is 71.1 Å². The summed E-state index contributed by atoms with van der Waals surface area (Å²) in [5, 5.41) is 2.62. The van der Waals surface area contributed by atoms with Crippen LogP contribution >= 0.6 is 0 Å². The Morgan fingerprint density at radius 2 is 2.18 bits per heavy atom. The molecule has 0 bridgehead atoms. The lowest BCUT2D eigenvalue weighted by molar-refractivity contribution is -0.128. The molecule has 3 amide bonds. The van der Waals surface area contributed by atoms with E-state index in [1.165, 1.54) is 4.90 Å². The second-order valence-electron chi connectivity index (χ2n) is 5.47. The number of ether oxygens (including phenoxy) is 2. The third kappa shape index (κ3) is 3.14. The first-order valence-electron chi connectivity index (χ1n) is 7.28. The van der Waals surface area contributed by atoms with Crippen molar-refractivity contribution in [1.29, 1.82) is 0 Å². The zero-order valence-corrected chi connectivity index (χ0v) is 12.4. The quantitative estimate of drug-likeness (QED) is 0.867. The van der Waals surface area contributed by atoms with Crippen molar-refractivity contribution in [2.45, 2.75) is 6.10 Å². The van der Waals surface area contributed by atoms with Crippen molar-refractivity contribution in [1.82, 2.24) is 15.1 Å². The fourth-order valence-corrected chi connectivity index (χ4v) is 2.59. The largest absolute Gasteiger partial charge is 0.486 e. The summed E-state index contributed by atoms with van der Waals surface area (Å²) in [4.78, 5) is 26.6. The second-order valence-corrected chi connectivity index (χ2v) is 5.47. The summed E-state index contributed by atoms with van der Waals surface area (Å²) in [5.41, 5.74) is 0. The van der Waals surface area contributed by atoms with E-state index >= 15 is 0 Å². The van der Waals surface area contributed by atoms with Crippen LogP contribution in [0, 0.1) is 0 Å². The van der Waals surface area contributed by atoms with Crippen LogP contribution in [0.3, 0.4) is 0 Å². The summed E-state index contributed by atoms with van der Waals surface area (Å²) in [5.74, 6) is 1.26. The van der Waals surface area contributed by atoms with Gasteiger partial charge in [0.05, 0.1) is 6.54 Å². The normalized spacial score (nSPS) is 20.2. The van der Waals surface area contributed by atoms with E-state index in [0.717, 1.165) is 11.5 Å². The summed E-state index contributed by atoms with van der Waals surface area (Å²) in [6, 6.07) is 7.20. The number of fused-ring (bicyclic) bond motifs is 1. The van der Waals surface area contributed by atoms with E-state index in [1.807, 2.05) is 36.2 Å². The maximum atomic E-state index is 12.1. The highest BCUT2D eigenvalue weighted by Gasteiger charge is 2.28. The van der Waals surface area contributed by atoms with Crippen LogP contribution in [0.4, 0.5) is 4.79 Å². The Morgan fingerprint density at radius 3 is 2.91 bits per heavy atom. The van der Waals surface area contributed by atoms with Gasteiger partial charge in [-0.2, -0.15) is 0 Å². The molecule has 0 aliphatic carbocycles. The van der Waals surface area contributed by atoms with Crippen molar-refractivity contribution < 1.29 is 19.1 Å². The maximum absolute atomic E-state index is 12.1. The number of urea groups is 1. The first-order valence-corrected chi connectivity index (χ1v) is 7.28. The van der Waals surface area contributed by atoms with Crippen LogP contribution in [0.15, 0.2) is 24.3 Å². The molecule has 1 aromatic carbocycles. The van der Waals surface area contributed by atoms with Crippen LogP contribution in [-0.2, 0) is 4.79 Å². The minimum Gasteiger partial charge on any atom is -0.486 e. The molecule has 118 valence electrons. The summed E-state index contributed by atoms with van der Waals surface area (Å²) in [7, 11) is 1.83. The van der Waals surface area contributed by atoms with Crippen LogP contribution in [0.25, 0.3) is 0 Å². The van der Waals surface area contributed by atoms with Gasteiger partial charge >= 0.3 is 6.03 Å². The van der Waals surface area contributed by atoms with Gasteiger partial charge in [-0.1, -0.05) is 12.1 Å². The number of rotatable bonds is 4. The summed E-state index contributed by atoms with van der Waals surface area (Å²) in [6.07, 6.45) is -0.139. The maximum Gasteiger partial charge on any atom is 0.324 e. The van der Waals surface area contributed by atoms with Crippen LogP contribution in [0.2, 0.25) is 0 Å². The molecule has 0 radical (unpaired) electrons. The van der Waals surface area contributed by atoms with Gasteiger partial charge in [-0.25, -0.2) is 4.79 Å². The van der Waals surface area contributed by atoms with Gasteiger partial charge in [0.15, 0.2) is 11.5 Å². The molecule has 1 N–H and O–H groups in total. The number of likely N-dealkylation sites (N-methyl/N-ethyl adjacent to an activating group) is 1. The smallest absolute Gasteiger partial charge is 0.324 e. The third-order valence-corrected chi connectivity index (χ3v) is 3.65. The van der Waals surface area contributed by atoms with E-state index in [9.17, 15) is 9.59 Å². The number of benzene rings is 1. The van der Waals surface area contributed by atoms with Gasteiger partial charge < -0.3 is 14.8 Å². The van der Waals surface area contributed by atoms with Gasteiger partial charge in [-0.15, -0.1) is 0 Å². The average molecular weight is 305 g/mol. The van der Waals surface area contributed by atoms with E-state index in [0.29, 0.717) is 26.2 Å². The minimum atomic E-state index is -0.315. The Balaban J connectivity index is 1.51. The fourth-order valence-electron chi connectivity index (χ4n) is 2.59. The number of hydrogen-bond acceptors (Lipinski definition) is 5. The second kappa shape index (κ2) is 6.23. The Kier molecular flexibility index (Phi) is 4.15. The number of carbonyl (C=O) groups is 2. The molecule has 22 heavy (non-hydrogen) atoms. The number of nitrogens with zero attached hydrogens (tertiary/aromatic N) is 2. The Bertz CT molecular complexity index is 578. The average Bonchev–Trinajstić information content (AvgIpc) is 2.93. The molecule has 7 nitrogen and oxygen atoms in total. The number of para-hydroxylation sites is 2. The van der Waals surface area contributed by atoms with Crippen LogP contribution in [0.1, 0.15) is 0 Å². The SMILES string of the molecule is CN(CC(=O)N1CCNC1=O)C[C@H]1COc2ccccc2O1. The molecule has 7 heteroatoms. The predicted molar refractivity (Wildman–Crippen MR) is 79.0 cm³/mol. The van der Waals surface area contributed by atoms with E-state index in [4.69, 9.17) is 9.47 Å². The van der Waals surface area contributed by atoms with Gasteiger partial charge in [-0.05, 0) is 19.2 Å². The van der Waals surface area contributed by atoms with Crippen molar-refractivity contribution in [3.8, 4) is 11.5 Å². The van der Waals surface area contributed by atoms with Crippen LogP contribution in [-0.4, -0.2) is 67.7 Å². The number of hydrogen-bond donors (Lipinski definition) is 1. The molecule has 1 atom stereocenters. The lowest BCUT2D eigenvalue weighted by Gasteiger charge is -2.29. The number of amides is 3. The molecule has 0 unspecified atom stereocenters. The van der Waals surface area contributed by atoms with E-state index < -0.39 is 0 Å². The Morgan fingerprint density at radius 1 is 1.41 bits per heavy atom. The Labute approximate surface area is 128 Å². The number of imide groups is 1. The predicted octanol–water partition coefficient (Wildman–Crippen LogP) is 0.310. The molecule has 1 fully saturated rings. The van der Waals surface area contributed by atoms with Crippen LogP contribution < -0.4 is 14.8 Å². The van der Waals surface area contributed by atoms with Crippen molar-refractivity contribution in [2.24, 2.45) is 0 Å². The molecule has 0 spiro atoms. The monoisotopic (exact) mass is 305 g/mol. The minimum absolute atomic E-state index is 0.139. The van der Waals surface area contributed by atoms with Gasteiger partial charge in [-0.3, -0.25) is 14.6 Å². The van der Waals surface area contributed by atoms with Crippen molar-refractivity contribution in [3.05, 3.63) is 24.3 Å². The molecular weight excluding hydrogens is 286 g/mol. The molecular formula is C15H19N3O4. The Hall–Kier alpha value is -2.28. The highest BCUT2D eigenvalue weighted by atomic mass is 16.6. The first kappa shape index (κ1) is 14.6. The van der Waals surface area contributed by atoms with Gasteiger partial charge in [0.2, 0.25) is 5.91 Å². The zero-order chi connectivity index (χ0) is 15.5. The van der Waals surface area contributed by atoms with Crippen molar-refractivity contribution in [3.63, 3.8) is 0 Å². The van der Waals surface area contributed by atoms with E-state index in [2.05, 4.69) is 5.32 Å². The molecule has 0 saturated carbocycles. The summed E-state index contributed by atoms with van der Waals surface area (Å²) in [6.45, 7) is 2.12. The zero-order valence-electron chi connectivity index (χ0n) is 12.4. The van der Waals surface area contributed by atoms with Gasteiger partial charge in [0.1, 0.15) is 12.7 Å². The number of carbonyl (C=O) groups excluding carboxylic acids is 2. The molecule has 2 heterocycles. The molecule has 1 saturated heterocycles. The molecule has 0 aromatic heterocycles. The molecule has 1 aromatic rings. The van der Waals surface area contributed by atoms with Crippen molar-refractivity contribution >= 4 is 11.9 Å². The van der Waals surface area contributed by atoms with E-state index in [1.54, 1.807) is 0 Å². The highest BCUT2D eigenvalue weighted by Crippen LogP contribution is 2.30. The molecule has 2 aliphatic heterocycles. The van der Waals surface area contributed by atoms with Crippen LogP contribution in [0.5, 0.6) is 11.5 Å². The lowest BCUT2D eigenvalue weighted by Crippen LogP contribution is -2.45. The third-order valence-electron chi connectivity index (χ3n) is 3.65. The van der Waals surface area contributed by atoms with E-state index in [-0.39, 0.29) is 24.6 Å². The standard InChI is InChI=1S/C15H19N3O4/c1-17(9-14(19)18-7-6-16-15(18)20)8-11-10-21-12-4-2-3-5-13(12)22-11/h2-5,11H,6-10H2,1H3,(H,16,20)/t11-/m0/s1. The summed E-state index contributed by atoms with van der Waals surface area (Å²) < 4.78 is 11.5. The fraction of sp³-hybridized carbons (Fsp3) is 0.467. The molecule has 2 aliphatic rings. The van der Waals surface area contributed by atoms with Crippen molar-refractivity contribution in [2.75, 3.05) is 39.8 Å². The van der Waals surface area contributed by atoms with Gasteiger partial charge in [0, 0.05) is 19.6 Å². The van der Waals surface area contributed by atoms with Gasteiger partial charge in [0.25, 0.3) is 0 Å². The number of nitrogens with one attached hydrogen (secondary N) is 1.